The molecule has 1 aromatic carbocycles. The number of rotatable bonds is 8. The molecule has 0 amide bonds. The van der Waals surface area contributed by atoms with E-state index in [1.165, 1.54) is 61.9 Å². The first-order chi connectivity index (χ1) is 13.0. The summed E-state index contributed by atoms with van der Waals surface area (Å²) in [5.41, 5.74) is 3.96. The molecule has 0 aliphatic heterocycles. The zero-order chi connectivity index (χ0) is 19.4. The third-order valence-corrected chi connectivity index (χ3v) is 6.72. The smallest absolute Gasteiger partial charge is 0.0704 e. The van der Waals surface area contributed by atoms with Crippen LogP contribution in [0.1, 0.15) is 70.3 Å². The fourth-order valence-corrected chi connectivity index (χ4v) is 5.46. The highest BCUT2D eigenvalue weighted by Crippen LogP contribution is 2.45. The van der Waals surface area contributed by atoms with E-state index in [0.29, 0.717) is 29.8 Å². The first-order valence-electron chi connectivity index (χ1n) is 10.9. The summed E-state index contributed by atoms with van der Waals surface area (Å²) >= 11 is 0. The third kappa shape index (κ3) is 4.59. The zero-order valence-corrected chi connectivity index (χ0v) is 17.6. The largest absolute Gasteiger partial charge is 0.385 e. The Hall–Kier alpha value is -1.70. The molecule has 27 heavy (non-hydrogen) atoms. The average Bonchev–Trinajstić information content (AvgIpc) is 3.33. The molecular formula is C25H38N2. The van der Waals surface area contributed by atoms with Crippen LogP contribution in [0.5, 0.6) is 0 Å². The first kappa shape index (κ1) is 20.0. The minimum atomic E-state index is 0.361. The highest BCUT2D eigenvalue weighted by Gasteiger charge is 2.37. The molecule has 3 rings (SSSR count). The lowest BCUT2D eigenvalue weighted by Crippen LogP contribution is -2.44. The van der Waals surface area contributed by atoms with Crippen LogP contribution in [0.2, 0.25) is 0 Å². The van der Waals surface area contributed by atoms with Crippen molar-refractivity contribution in [2.75, 3.05) is 7.05 Å². The van der Waals surface area contributed by atoms with Crippen molar-refractivity contribution in [1.82, 2.24) is 10.2 Å². The Morgan fingerprint density at radius 3 is 2.30 bits per heavy atom. The number of benzene rings is 1. The monoisotopic (exact) mass is 366 g/mol. The van der Waals surface area contributed by atoms with Crippen LogP contribution in [0.4, 0.5) is 0 Å². The van der Waals surface area contributed by atoms with Gasteiger partial charge in [0.15, 0.2) is 0 Å². The van der Waals surface area contributed by atoms with E-state index in [9.17, 15) is 0 Å². The quantitative estimate of drug-likeness (QED) is 0.599. The van der Waals surface area contributed by atoms with Crippen molar-refractivity contribution in [1.29, 1.82) is 0 Å². The van der Waals surface area contributed by atoms with Crippen LogP contribution >= 0.6 is 0 Å². The van der Waals surface area contributed by atoms with E-state index in [4.69, 9.17) is 0 Å². The molecule has 2 nitrogen and oxygen atoms in total. The van der Waals surface area contributed by atoms with Crippen LogP contribution in [-0.2, 0) is 0 Å². The van der Waals surface area contributed by atoms with Crippen LogP contribution in [0.3, 0.4) is 0 Å². The molecule has 2 saturated carbocycles. The van der Waals surface area contributed by atoms with Crippen molar-refractivity contribution in [2.45, 2.75) is 76.8 Å². The van der Waals surface area contributed by atoms with Gasteiger partial charge in [-0.15, -0.1) is 0 Å². The summed E-state index contributed by atoms with van der Waals surface area (Å²) in [6.45, 7) is 13.5. The Balaban J connectivity index is 1.78. The van der Waals surface area contributed by atoms with Crippen LogP contribution in [0, 0.1) is 11.8 Å². The number of nitrogens with one attached hydrogen (secondary N) is 1. The Morgan fingerprint density at radius 2 is 1.67 bits per heavy atom. The predicted molar refractivity (Wildman–Crippen MR) is 117 cm³/mol. The minimum Gasteiger partial charge on any atom is -0.385 e. The summed E-state index contributed by atoms with van der Waals surface area (Å²) < 4.78 is 0. The van der Waals surface area contributed by atoms with E-state index >= 15 is 0 Å². The summed E-state index contributed by atoms with van der Waals surface area (Å²) in [6, 6.07) is 11.8. The van der Waals surface area contributed by atoms with Crippen molar-refractivity contribution in [3.8, 4) is 0 Å². The molecule has 2 aliphatic carbocycles. The molecule has 0 saturated heterocycles. The number of hydrogen-bond donors (Lipinski definition) is 1. The van der Waals surface area contributed by atoms with Gasteiger partial charge in [0.2, 0.25) is 0 Å². The maximum absolute atomic E-state index is 4.62. The van der Waals surface area contributed by atoms with Crippen molar-refractivity contribution >= 4 is 0 Å². The van der Waals surface area contributed by atoms with Gasteiger partial charge in [0, 0.05) is 30.4 Å². The van der Waals surface area contributed by atoms with Gasteiger partial charge in [-0.25, -0.2) is 0 Å². The normalized spacial score (nSPS) is 24.1. The van der Waals surface area contributed by atoms with E-state index < -0.39 is 0 Å². The number of allylic oxidation sites excluding steroid dienone is 1. The summed E-state index contributed by atoms with van der Waals surface area (Å²) in [5.74, 6) is 1.85. The van der Waals surface area contributed by atoms with E-state index in [2.05, 4.69) is 74.6 Å². The molecule has 148 valence electrons. The summed E-state index contributed by atoms with van der Waals surface area (Å²) in [4.78, 5) is 2.49. The molecule has 0 heterocycles. The molecular weight excluding hydrogens is 328 g/mol. The third-order valence-electron chi connectivity index (χ3n) is 6.72. The molecule has 2 fully saturated rings. The standard InChI is InChI=1S/C25H38N2/c1-18(2)26-19(3)25(22-14-9-10-15-22)27(5)20(4)23-16-11-17-24(23)21-12-7-6-8-13-21/h6-8,12-13,18,22-26H,3-4,9-11,14-17H2,1-2,5H3. The highest BCUT2D eigenvalue weighted by atomic mass is 15.2. The molecule has 0 bridgehead atoms. The predicted octanol–water partition coefficient (Wildman–Crippen LogP) is 6.09. The summed E-state index contributed by atoms with van der Waals surface area (Å²) in [7, 11) is 2.26. The topological polar surface area (TPSA) is 15.3 Å². The van der Waals surface area contributed by atoms with Crippen molar-refractivity contribution < 1.29 is 0 Å². The van der Waals surface area contributed by atoms with Crippen LogP contribution < -0.4 is 5.32 Å². The van der Waals surface area contributed by atoms with Gasteiger partial charge in [0.1, 0.15) is 0 Å². The van der Waals surface area contributed by atoms with Gasteiger partial charge >= 0.3 is 0 Å². The molecule has 3 atom stereocenters. The van der Waals surface area contributed by atoms with Gasteiger partial charge in [-0.1, -0.05) is 62.8 Å². The van der Waals surface area contributed by atoms with E-state index in [1.807, 2.05) is 0 Å². The Kier molecular flexibility index (Phi) is 6.68. The zero-order valence-electron chi connectivity index (χ0n) is 17.6. The van der Waals surface area contributed by atoms with E-state index in [0.717, 1.165) is 0 Å². The second-order valence-corrected chi connectivity index (χ2v) is 8.97. The maximum atomic E-state index is 4.62. The number of nitrogens with zero attached hydrogens (tertiary/aromatic N) is 1. The van der Waals surface area contributed by atoms with E-state index in [-0.39, 0.29) is 0 Å². The molecule has 1 N–H and O–H groups in total. The number of hydrogen-bond acceptors (Lipinski definition) is 2. The molecule has 0 aromatic heterocycles. The van der Waals surface area contributed by atoms with Crippen molar-refractivity contribution in [2.24, 2.45) is 11.8 Å². The molecule has 1 aromatic rings. The molecule has 2 aliphatic rings. The SMILES string of the molecule is C=C(NC(C)C)C(C1CCCC1)N(C)C(=C)C1CCCC1c1ccccc1. The maximum Gasteiger partial charge on any atom is 0.0704 e. The minimum absolute atomic E-state index is 0.361. The lowest BCUT2D eigenvalue weighted by molar-refractivity contribution is 0.217. The van der Waals surface area contributed by atoms with Gasteiger partial charge in [-0.3, -0.25) is 0 Å². The van der Waals surface area contributed by atoms with Crippen LogP contribution in [-0.4, -0.2) is 24.0 Å². The molecule has 2 heteroatoms. The molecule has 0 spiro atoms. The first-order valence-corrected chi connectivity index (χ1v) is 10.9. The molecule has 3 unspecified atom stereocenters. The Labute approximate surface area is 166 Å². The summed E-state index contributed by atoms with van der Waals surface area (Å²) in [6.07, 6.45) is 9.17. The van der Waals surface area contributed by atoms with Crippen molar-refractivity contribution in [3.05, 3.63) is 60.4 Å². The van der Waals surface area contributed by atoms with Crippen molar-refractivity contribution in [3.63, 3.8) is 0 Å². The average molecular weight is 367 g/mol. The van der Waals surface area contributed by atoms with Gasteiger partial charge in [0.25, 0.3) is 0 Å². The lowest BCUT2D eigenvalue weighted by Gasteiger charge is -2.40. The van der Waals surface area contributed by atoms with Gasteiger partial charge in [-0.05, 0) is 56.9 Å². The Bertz CT molecular complexity index is 627. The highest BCUT2D eigenvalue weighted by molar-refractivity contribution is 5.26. The number of likely N-dealkylation sites (N-methyl/N-ethyl adjacent to an activating group) is 1. The van der Waals surface area contributed by atoms with Crippen LogP contribution in [0.15, 0.2) is 54.9 Å². The Morgan fingerprint density at radius 1 is 1.00 bits per heavy atom. The van der Waals surface area contributed by atoms with Gasteiger partial charge < -0.3 is 10.2 Å². The van der Waals surface area contributed by atoms with Gasteiger partial charge in [-0.2, -0.15) is 0 Å². The fraction of sp³-hybridized carbons (Fsp3) is 0.600. The second kappa shape index (κ2) is 8.99. The van der Waals surface area contributed by atoms with E-state index in [1.54, 1.807) is 0 Å². The fourth-order valence-electron chi connectivity index (χ4n) is 5.46. The summed E-state index contributed by atoms with van der Waals surface area (Å²) in [5, 5.41) is 3.61. The van der Waals surface area contributed by atoms with Crippen LogP contribution in [0.25, 0.3) is 0 Å². The second-order valence-electron chi connectivity index (χ2n) is 8.97. The molecule has 0 radical (unpaired) electrons. The van der Waals surface area contributed by atoms with Gasteiger partial charge in [0.05, 0.1) is 6.04 Å². The lowest BCUT2D eigenvalue weighted by atomic mass is 9.85.